The quantitative estimate of drug-likeness (QED) is 0.840. The second-order valence-corrected chi connectivity index (χ2v) is 4.91. The summed E-state index contributed by atoms with van der Waals surface area (Å²) in [6.45, 7) is 7.14. The maximum atomic E-state index is 11.6. The first-order chi connectivity index (χ1) is 8.33. The van der Waals surface area contributed by atoms with E-state index in [4.69, 9.17) is 9.15 Å². The predicted octanol–water partition coefficient (Wildman–Crippen LogP) is 2.88. The molecule has 0 aliphatic carbocycles. The zero-order valence-corrected chi connectivity index (χ0v) is 10.8. The number of nitrogens with zero attached hydrogens (tertiary/aromatic N) is 2. The average molecular weight is 249 g/mol. The van der Waals surface area contributed by atoms with Crippen LogP contribution in [0.3, 0.4) is 0 Å². The van der Waals surface area contributed by atoms with Crippen molar-refractivity contribution >= 4 is 23.0 Å². The predicted molar refractivity (Wildman–Crippen MR) is 66.4 cm³/mol. The van der Waals surface area contributed by atoms with Crippen molar-refractivity contribution in [2.24, 2.45) is 0 Å². The van der Waals surface area contributed by atoms with Crippen LogP contribution in [0.4, 0.5) is 10.5 Å². The highest BCUT2D eigenvalue weighted by molar-refractivity contribution is 5.86. The Bertz CT molecular complexity index is 584. The van der Waals surface area contributed by atoms with Crippen LogP contribution in [0.15, 0.2) is 16.7 Å². The van der Waals surface area contributed by atoms with E-state index in [-0.39, 0.29) is 0 Å². The van der Waals surface area contributed by atoms with Gasteiger partial charge in [-0.05, 0) is 20.8 Å². The molecule has 96 valence electrons. The molecule has 6 heteroatoms. The molecule has 0 saturated carbocycles. The standard InChI is InChI=1S/C12H15N3O3/c1-7-14-10-9(17-7)5-8(6-13-10)15-11(16)18-12(2,3)4/h5-6H,1-4H3,(H,15,16). The Morgan fingerprint density at radius 2 is 2.17 bits per heavy atom. The topological polar surface area (TPSA) is 77.2 Å². The smallest absolute Gasteiger partial charge is 0.412 e. The van der Waals surface area contributed by atoms with E-state index in [2.05, 4.69) is 15.3 Å². The number of hydrogen-bond donors (Lipinski definition) is 1. The average Bonchev–Trinajstić information content (AvgIpc) is 2.53. The minimum Gasteiger partial charge on any atom is -0.444 e. The van der Waals surface area contributed by atoms with E-state index in [0.717, 1.165) is 0 Å². The maximum Gasteiger partial charge on any atom is 0.412 e. The highest BCUT2D eigenvalue weighted by Gasteiger charge is 2.16. The Hall–Kier alpha value is -2.11. The van der Waals surface area contributed by atoms with Crippen molar-refractivity contribution in [1.82, 2.24) is 9.97 Å². The van der Waals surface area contributed by atoms with E-state index in [1.165, 1.54) is 6.20 Å². The van der Waals surface area contributed by atoms with Crippen LogP contribution in [-0.4, -0.2) is 21.7 Å². The van der Waals surface area contributed by atoms with E-state index in [9.17, 15) is 4.79 Å². The monoisotopic (exact) mass is 249 g/mol. The number of hydrogen-bond acceptors (Lipinski definition) is 5. The first-order valence-electron chi connectivity index (χ1n) is 5.57. The molecule has 6 nitrogen and oxygen atoms in total. The number of oxazole rings is 1. The van der Waals surface area contributed by atoms with Crippen LogP contribution < -0.4 is 5.32 Å². The Kier molecular flexibility index (Phi) is 2.94. The summed E-state index contributed by atoms with van der Waals surface area (Å²) in [6.07, 6.45) is 0.980. The van der Waals surface area contributed by atoms with Crippen molar-refractivity contribution in [1.29, 1.82) is 0 Å². The van der Waals surface area contributed by atoms with Crippen LogP contribution in [0, 0.1) is 6.92 Å². The molecule has 2 aromatic heterocycles. The number of aromatic nitrogens is 2. The van der Waals surface area contributed by atoms with Crippen molar-refractivity contribution in [3.05, 3.63) is 18.2 Å². The fourth-order valence-electron chi connectivity index (χ4n) is 1.42. The van der Waals surface area contributed by atoms with Crippen LogP contribution >= 0.6 is 0 Å². The summed E-state index contributed by atoms with van der Waals surface area (Å²) in [7, 11) is 0. The van der Waals surface area contributed by atoms with Gasteiger partial charge in [0.25, 0.3) is 0 Å². The molecule has 0 aliphatic heterocycles. The summed E-state index contributed by atoms with van der Waals surface area (Å²) in [5, 5.41) is 2.59. The van der Waals surface area contributed by atoms with Crippen molar-refractivity contribution < 1.29 is 13.9 Å². The third kappa shape index (κ3) is 2.97. The second-order valence-electron chi connectivity index (χ2n) is 4.91. The van der Waals surface area contributed by atoms with Gasteiger partial charge in [0.2, 0.25) is 0 Å². The lowest BCUT2D eigenvalue weighted by molar-refractivity contribution is 0.0636. The molecule has 1 N–H and O–H groups in total. The number of rotatable bonds is 1. The van der Waals surface area contributed by atoms with Gasteiger partial charge in [0.1, 0.15) is 5.60 Å². The highest BCUT2D eigenvalue weighted by atomic mass is 16.6. The first-order valence-corrected chi connectivity index (χ1v) is 5.57. The molecule has 0 aromatic carbocycles. The summed E-state index contributed by atoms with van der Waals surface area (Å²) in [6, 6.07) is 1.66. The van der Waals surface area contributed by atoms with Gasteiger partial charge in [0.05, 0.1) is 11.9 Å². The molecular weight excluding hydrogens is 234 g/mol. The highest BCUT2D eigenvalue weighted by Crippen LogP contribution is 2.18. The SMILES string of the molecule is Cc1nc2ncc(NC(=O)OC(C)(C)C)cc2o1. The maximum absolute atomic E-state index is 11.6. The molecule has 1 amide bonds. The number of anilines is 1. The Morgan fingerprint density at radius 1 is 1.44 bits per heavy atom. The third-order valence-corrected chi connectivity index (χ3v) is 2.00. The van der Waals surface area contributed by atoms with Crippen molar-refractivity contribution in [3.63, 3.8) is 0 Å². The fraction of sp³-hybridized carbons (Fsp3) is 0.417. The van der Waals surface area contributed by atoms with Crippen molar-refractivity contribution in [2.45, 2.75) is 33.3 Å². The number of carbonyl (C=O) groups excluding carboxylic acids is 1. The van der Waals surface area contributed by atoms with Gasteiger partial charge in [-0.25, -0.2) is 9.78 Å². The molecule has 0 fully saturated rings. The molecule has 0 saturated heterocycles. The van der Waals surface area contributed by atoms with E-state index >= 15 is 0 Å². The van der Waals surface area contributed by atoms with Gasteiger partial charge < -0.3 is 9.15 Å². The largest absolute Gasteiger partial charge is 0.444 e. The summed E-state index contributed by atoms with van der Waals surface area (Å²) in [4.78, 5) is 19.7. The van der Waals surface area contributed by atoms with Gasteiger partial charge in [-0.3, -0.25) is 5.32 Å². The van der Waals surface area contributed by atoms with E-state index < -0.39 is 11.7 Å². The molecule has 0 radical (unpaired) electrons. The molecule has 2 rings (SSSR count). The minimum absolute atomic E-state index is 0.507. The molecular formula is C12H15N3O3. The first kappa shape index (κ1) is 12.3. The second kappa shape index (κ2) is 4.29. The Labute approximate surface area is 104 Å². The molecule has 0 spiro atoms. The van der Waals surface area contributed by atoms with Gasteiger partial charge in [0.15, 0.2) is 17.1 Å². The Morgan fingerprint density at radius 3 is 2.83 bits per heavy atom. The lowest BCUT2D eigenvalue weighted by atomic mass is 10.2. The van der Waals surface area contributed by atoms with Crippen LogP contribution in [0.1, 0.15) is 26.7 Å². The fourth-order valence-corrected chi connectivity index (χ4v) is 1.42. The Balaban J connectivity index is 2.14. The number of ether oxygens (including phenoxy) is 1. The summed E-state index contributed by atoms with van der Waals surface area (Å²) < 4.78 is 10.5. The summed E-state index contributed by atoms with van der Waals surface area (Å²) in [5.74, 6) is 0.534. The molecule has 2 aromatic rings. The van der Waals surface area contributed by atoms with Gasteiger partial charge >= 0.3 is 6.09 Å². The summed E-state index contributed by atoms with van der Waals surface area (Å²) in [5.41, 5.74) is 1.01. The zero-order chi connectivity index (χ0) is 13.3. The molecule has 0 bridgehead atoms. The number of fused-ring (bicyclic) bond motifs is 1. The van der Waals surface area contributed by atoms with Crippen molar-refractivity contribution in [3.8, 4) is 0 Å². The minimum atomic E-state index is -0.537. The lowest BCUT2D eigenvalue weighted by Crippen LogP contribution is -2.27. The van der Waals surface area contributed by atoms with E-state index in [1.807, 2.05) is 0 Å². The lowest BCUT2D eigenvalue weighted by Gasteiger charge is -2.19. The molecule has 18 heavy (non-hydrogen) atoms. The summed E-state index contributed by atoms with van der Waals surface area (Å²) >= 11 is 0. The van der Waals surface area contributed by atoms with Crippen LogP contribution in [0.2, 0.25) is 0 Å². The van der Waals surface area contributed by atoms with Crippen molar-refractivity contribution in [2.75, 3.05) is 5.32 Å². The zero-order valence-electron chi connectivity index (χ0n) is 10.8. The van der Waals surface area contributed by atoms with Gasteiger partial charge in [-0.1, -0.05) is 0 Å². The van der Waals surface area contributed by atoms with Crippen LogP contribution in [0.5, 0.6) is 0 Å². The third-order valence-electron chi connectivity index (χ3n) is 2.00. The normalized spacial score (nSPS) is 11.6. The van der Waals surface area contributed by atoms with E-state index in [1.54, 1.807) is 33.8 Å². The number of aryl methyl sites for hydroxylation is 1. The number of carbonyl (C=O) groups is 1. The van der Waals surface area contributed by atoms with Crippen LogP contribution in [-0.2, 0) is 4.74 Å². The molecule has 0 unspecified atom stereocenters. The van der Waals surface area contributed by atoms with Crippen LogP contribution in [0.25, 0.3) is 11.2 Å². The number of amides is 1. The molecule has 0 aliphatic rings. The molecule has 0 atom stereocenters. The van der Waals surface area contributed by atoms with E-state index in [0.29, 0.717) is 22.8 Å². The van der Waals surface area contributed by atoms with Gasteiger partial charge in [-0.15, -0.1) is 0 Å². The number of pyridine rings is 1. The van der Waals surface area contributed by atoms with Gasteiger partial charge in [-0.2, -0.15) is 4.98 Å². The van der Waals surface area contributed by atoms with Gasteiger partial charge in [0, 0.05) is 13.0 Å². The molecule has 2 heterocycles. The number of nitrogens with one attached hydrogen (secondary N) is 1.